The van der Waals surface area contributed by atoms with Crippen molar-refractivity contribution in [2.45, 2.75) is 43.4 Å². The van der Waals surface area contributed by atoms with Gasteiger partial charge >= 0.3 is 0 Å². The molecule has 2 atom stereocenters. The van der Waals surface area contributed by atoms with Gasteiger partial charge in [-0.25, -0.2) is 9.97 Å². The number of aromatic nitrogens is 2. The Labute approximate surface area is 196 Å². The Bertz CT molecular complexity index is 1110. The largest absolute Gasteiger partial charge is 0.378 e. The molecule has 8 heteroatoms. The first-order valence-electron chi connectivity index (χ1n) is 11.2. The van der Waals surface area contributed by atoms with Gasteiger partial charge in [-0.15, -0.1) is 11.3 Å². The summed E-state index contributed by atoms with van der Waals surface area (Å²) in [5, 5.41) is 4.89. The van der Waals surface area contributed by atoms with Crippen molar-refractivity contribution in [3.63, 3.8) is 0 Å². The molecule has 3 aromatic rings. The van der Waals surface area contributed by atoms with E-state index >= 15 is 0 Å². The van der Waals surface area contributed by atoms with Crippen molar-refractivity contribution in [2.75, 3.05) is 36.5 Å². The number of benzene rings is 1. The van der Waals surface area contributed by atoms with Crippen LogP contribution in [-0.4, -0.2) is 47.4 Å². The maximum atomic E-state index is 12.9. The third-order valence-corrected chi connectivity index (χ3v) is 8.49. The Kier molecular flexibility index (Phi) is 6.35. The lowest BCUT2D eigenvalue weighted by atomic mass is 9.89. The van der Waals surface area contributed by atoms with E-state index < -0.39 is 0 Å². The van der Waals surface area contributed by atoms with E-state index in [2.05, 4.69) is 39.2 Å². The zero-order valence-electron chi connectivity index (χ0n) is 18.5. The number of ether oxygens (including phenoxy) is 1. The lowest BCUT2D eigenvalue weighted by Gasteiger charge is -2.28. The van der Waals surface area contributed by atoms with Crippen LogP contribution in [0.5, 0.6) is 0 Å². The van der Waals surface area contributed by atoms with Gasteiger partial charge in [0.25, 0.3) is 0 Å². The first-order chi connectivity index (χ1) is 15.6. The average molecular weight is 469 g/mol. The van der Waals surface area contributed by atoms with Crippen molar-refractivity contribution in [3.05, 3.63) is 41.0 Å². The molecule has 1 amide bonds. The summed E-state index contributed by atoms with van der Waals surface area (Å²) in [6, 6.07) is 8.06. The van der Waals surface area contributed by atoms with Gasteiger partial charge in [0.1, 0.15) is 16.2 Å². The molecule has 1 aliphatic carbocycles. The molecule has 168 valence electrons. The SMILES string of the molecule is CC1CCc2c(sc3ncnc(SC(C)C(=O)Nc4ccc(N5CCOCC5)cc4)c23)C1. The smallest absolute Gasteiger partial charge is 0.237 e. The van der Waals surface area contributed by atoms with Gasteiger partial charge < -0.3 is 15.0 Å². The summed E-state index contributed by atoms with van der Waals surface area (Å²) in [5.41, 5.74) is 3.38. The van der Waals surface area contributed by atoms with Crippen LogP contribution in [0.3, 0.4) is 0 Å². The minimum atomic E-state index is -0.259. The Morgan fingerprint density at radius 2 is 2.03 bits per heavy atom. The van der Waals surface area contributed by atoms with Crippen LogP contribution < -0.4 is 10.2 Å². The van der Waals surface area contributed by atoms with Gasteiger partial charge in [-0.3, -0.25) is 4.79 Å². The fraction of sp³-hybridized carbons (Fsp3) is 0.458. The van der Waals surface area contributed by atoms with Crippen molar-refractivity contribution in [2.24, 2.45) is 5.92 Å². The quantitative estimate of drug-likeness (QED) is 0.430. The summed E-state index contributed by atoms with van der Waals surface area (Å²) >= 11 is 3.32. The molecule has 2 unspecified atom stereocenters. The third-order valence-electron chi connectivity index (χ3n) is 6.23. The van der Waals surface area contributed by atoms with Crippen LogP contribution in [0.25, 0.3) is 10.2 Å². The molecule has 0 bridgehead atoms. The maximum absolute atomic E-state index is 12.9. The van der Waals surface area contributed by atoms with E-state index in [4.69, 9.17) is 4.74 Å². The van der Waals surface area contributed by atoms with Crippen LogP contribution in [-0.2, 0) is 22.4 Å². The average Bonchev–Trinajstić information content (AvgIpc) is 3.18. The number of carbonyl (C=O) groups is 1. The van der Waals surface area contributed by atoms with Crippen molar-refractivity contribution < 1.29 is 9.53 Å². The predicted octanol–water partition coefficient (Wildman–Crippen LogP) is 4.77. The number of amides is 1. The van der Waals surface area contributed by atoms with Crippen molar-refractivity contribution in [1.82, 2.24) is 9.97 Å². The maximum Gasteiger partial charge on any atom is 0.237 e. The number of nitrogens with one attached hydrogen (secondary N) is 1. The van der Waals surface area contributed by atoms with Crippen molar-refractivity contribution in [1.29, 1.82) is 0 Å². The number of anilines is 2. The summed E-state index contributed by atoms with van der Waals surface area (Å²) in [6.07, 6.45) is 5.03. The summed E-state index contributed by atoms with van der Waals surface area (Å²) in [6.45, 7) is 7.58. The molecule has 2 aromatic heterocycles. The molecule has 1 aromatic carbocycles. The lowest BCUT2D eigenvalue weighted by molar-refractivity contribution is -0.115. The molecule has 0 spiro atoms. The topological polar surface area (TPSA) is 67.4 Å². The van der Waals surface area contributed by atoms with E-state index in [1.807, 2.05) is 19.1 Å². The molecular formula is C24H28N4O2S2. The summed E-state index contributed by atoms with van der Waals surface area (Å²) in [7, 11) is 0. The van der Waals surface area contributed by atoms with Crippen LogP contribution in [0.2, 0.25) is 0 Å². The molecule has 2 aliphatic rings. The van der Waals surface area contributed by atoms with Crippen LogP contribution in [0.4, 0.5) is 11.4 Å². The summed E-state index contributed by atoms with van der Waals surface area (Å²) < 4.78 is 5.42. The number of morpholine rings is 1. The fourth-order valence-electron chi connectivity index (χ4n) is 4.38. The number of thiophene rings is 1. The van der Waals surface area contributed by atoms with E-state index in [0.29, 0.717) is 0 Å². The predicted molar refractivity (Wildman–Crippen MR) is 132 cm³/mol. The molecular weight excluding hydrogens is 440 g/mol. The number of nitrogens with zero attached hydrogens (tertiary/aromatic N) is 3. The van der Waals surface area contributed by atoms with E-state index in [1.165, 1.54) is 34.0 Å². The van der Waals surface area contributed by atoms with Gasteiger partial charge in [0.2, 0.25) is 5.91 Å². The van der Waals surface area contributed by atoms with Gasteiger partial charge in [0, 0.05) is 34.7 Å². The first-order valence-corrected chi connectivity index (χ1v) is 12.9. The molecule has 1 N–H and O–H groups in total. The minimum Gasteiger partial charge on any atom is -0.378 e. The second kappa shape index (κ2) is 9.37. The van der Waals surface area contributed by atoms with Gasteiger partial charge in [-0.05, 0) is 61.9 Å². The molecule has 5 rings (SSSR count). The second-order valence-corrected chi connectivity index (χ2v) is 11.0. The Balaban J connectivity index is 1.27. The Morgan fingerprint density at radius 3 is 2.81 bits per heavy atom. The van der Waals surface area contributed by atoms with Gasteiger partial charge in [0.05, 0.1) is 18.5 Å². The molecule has 1 fully saturated rings. The fourth-order valence-corrected chi connectivity index (χ4v) is 6.74. The number of thioether (sulfide) groups is 1. The number of hydrogen-bond donors (Lipinski definition) is 1. The van der Waals surface area contributed by atoms with Crippen molar-refractivity contribution >= 4 is 50.6 Å². The normalized spacial score (nSPS) is 19.6. The number of aryl methyl sites for hydroxylation is 1. The number of carbonyl (C=O) groups excluding carboxylic acids is 1. The zero-order chi connectivity index (χ0) is 22.1. The van der Waals surface area contributed by atoms with Crippen LogP contribution in [0.1, 0.15) is 30.7 Å². The lowest BCUT2D eigenvalue weighted by Crippen LogP contribution is -2.36. The Morgan fingerprint density at radius 1 is 1.25 bits per heavy atom. The van der Waals surface area contributed by atoms with Crippen LogP contribution in [0, 0.1) is 5.92 Å². The minimum absolute atomic E-state index is 0.0152. The van der Waals surface area contributed by atoms with Crippen LogP contribution >= 0.6 is 23.1 Å². The number of fused-ring (bicyclic) bond motifs is 3. The third kappa shape index (κ3) is 4.49. The van der Waals surface area contributed by atoms with Crippen molar-refractivity contribution in [3.8, 4) is 0 Å². The second-order valence-electron chi connectivity index (χ2n) is 8.61. The number of hydrogen-bond acceptors (Lipinski definition) is 7. The molecule has 0 radical (unpaired) electrons. The molecule has 3 heterocycles. The summed E-state index contributed by atoms with van der Waals surface area (Å²) in [5.74, 6) is 0.706. The highest BCUT2D eigenvalue weighted by Crippen LogP contribution is 2.41. The molecule has 0 saturated carbocycles. The molecule has 32 heavy (non-hydrogen) atoms. The molecule has 1 saturated heterocycles. The van der Waals surface area contributed by atoms with Crippen LogP contribution in [0.15, 0.2) is 35.6 Å². The van der Waals surface area contributed by atoms with E-state index in [9.17, 15) is 4.79 Å². The van der Waals surface area contributed by atoms with Gasteiger partial charge in [0.15, 0.2) is 0 Å². The highest BCUT2D eigenvalue weighted by atomic mass is 32.2. The highest BCUT2D eigenvalue weighted by molar-refractivity contribution is 8.00. The monoisotopic (exact) mass is 468 g/mol. The molecule has 6 nitrogen and oxygen atoms in total. The van der Waals surface area contributed by atoms with Gasteiger partial charge in [-0.2, -0.15) is 0 Å². The highest BCUT2D eigenvalue weighted by Gasteiger charge is 2.25. The summed E-state index contributed by atoms with van der Waals surface area (Å²) in [4.78, 5) is 26.8. The number of rotatable bonds is 5. The van der Waals surface area contributed by atoms with E-state index in [1.54, 1.807) is 17.7 Å². The molecule has 1 aliphatic heterocycles. The standard InChI is InChI=1S/C24H28N4O2S2/c1-15-3-8-19-20(13-15)32-24-21(19)23(25-14-26-24)31-16(2)22(29)27-17-4-6-18(7-5-17)28-9-11-30-12-10-28/h4-7,14-16H,3,8-13H2,1-2H3,(H,27,29). The zero-order valence-corrected chi connectivity index (χ0v) is 20.1. The van der Waals surface area contributed by atoms with E-state index in [0.717, 1.165) is 66.3 Å². The Hall–Kier alpha value is -2.16. The van der Waals surface area contributed by atoms with E-state index in [-0.39, 0.29) is 11.2 Å². The van der Waals surface area contributed by atoms with Gasteiger partial charge in [-0.1, -0.05) is 18.7 Å². The first kappa shape index (κ1) is 21.7.